The van der Waals surface area contributed by atoms with E-state index in [1.807, 2.05) is 7.05 Å². The third-order valence-corrected chi connectivity index (χ3v) is 4.18. The third kappa shape index (κ3) is 3.30. The zero-order valence-corrected chi connectivity index (χ0v) is 11.5. The Morgan fingerprint density at radius 2 is 1.79 bits per heavy atom. The van der Waals surface area contributed by atoms with Gasteiger partial charge in [0.15, 0.2) is 0 Å². The minimum absolute atomic E-state index is 0.340. The molecule has 19 heavy (non-hydrogen) atoms. The fraction of sp³-hybridized carbons (Fsp3) is 0.600. The fourth-order valence-electron chi connectivity index (χ4n) is 2.72. The van der Waals surface area contributed by atoms with Crippen molar-refractivity contribution in [2.45, 2.75) is 38.9 Å². The van der Waals surface area contributed by atoms with Gasteiger partial charge in [0, 0.05) is 6.04 Å². The van der Waals surface area contributed by atoms with Crippen molar-refractivity contribution < 1.29 is 13.2 Å². The number of nitrogens with one attached hydrogen (secondary N) is 1. The molecule has 2 rings (SSSR count). The Balaban J connectivity index is 2.03. The number of halogens is 3. The monoisotopic (exact) mass is 271 g/mol. The topological polar surface area (TPSA) is 12.0 Å². The van der Waals surface area contributed by atoms with Crippen LogP contribution in [0, 0.1) is 11.3 Å². The molecule has 2 unspecified atom stereocenters. The SMILES string of the molecule is CNC(Cc1ccc(C(F)(F)F)cc1)C1CC1(C)C. The molecular formula is C15H20F3N. The largest absolute Gasteiger partial charge is 0.416 e. The van der Waals surface area contributed by atoms with Crippen molar-refractivity contribution in [3.05, 3.63) is 35.4 Å². The van der Waals surface area contributed by atoms with Crippen LogP contribution in [0.5, 0.6) is 0 Å². The summed E-state index contributed by atoms with van der Waals surface area (Å²) in [5, 5.41) is 3.29. The van der Waals surface area contributed by atoms with Gasteiger partial charge >= 0.3 is 6.18 Å². The van der Waals surface area contributed by atoms with Gasteiger partial charge in [0.2, 0.25) is 0 Å². The lowest BCUT2D eigenvalue weighted by molar-refractivity contribution is -0.137. The van der Waals surface area contributed by atoms with Gasteiger partial charge < -0.3 is 5.32 Å². The second-order valence-corrected chi connectivity index (χ2v) is 6.09. The Labute approximate surface area is 112 Å². The maximum absolute atomic E-state index is 12.5. The molecule has 0 spiro atoms. The quantitative estimate of drug-likeness (QED) is 0.876. The average molecular weight is 271 g/mol. The number of hydrogen-bond acceptors (Lipinski definition) is 1. The van der Waals surface area contributed by atoms with Crippen molar-refractivity contribution in [1.29, 1.82) is 0 Å². The van der Waals surface area contributed by atoms with E-state index < -0.39 is 11.7 Å². The minimum atomic E-state index is -4.25. The standard InChI is InChI=1S/C15H20F3N/c1-14(2)9-12(14)13(19-3)8-10-4-6-11(7-5-10)15(16,17)18/h4-7,12-13,19H,8-9H2,1-3H3. The zero-order chi connectivity index (χ0) is 14.3. The molecule has 1 aliphatic carbocycles. The number of rotatable bonds is 4. The molecule has 0 amide bonds. The van der Waals surface area contributed by atoms with E-state index in [9.17, 15) is 13.2 Å². The van der Waals surface area contributed by atoms with Crippen molar-refractivity contribution in [3.63, 3.8) is 0 Å². The van der Waals surface area contributed by atoms with Crippen LogP contribution in [0.2, 0.25) is 0 Å². The number of hydrogen-bond donors (Lipinski definition) is 1. The first-order valence-electron chi connectivity index (χ1n) is 6.57. The molecule has 0 saturated heterocycles. The van der Waals surface area contributed by atoms with Crippen LogP contribution in [0.4, 0.5) is 13.2 Å². The predicted octanol–water partition coefficient (Wildman–Crippen LogP) is 3.88. The van der Waals surface area contributed by atoms with E-state index in [1.54, 1.807) is 12.1 Å². The molecule has 1 aromatic rings. The molecule has 0 bridgehead atoms. The summed E-state index contributed by atoms with van der Waals surface area (Å²) >= 11 is 0. The van der Waals surface area contributed by atoms with Crippen LogP contribution in [0.3, 0.4) is 0 Å². The Morgan fingerprint density at radius 1 is 1.26 bits per heavy atom. The Morgan fingerprint density at radius 3 is 2.16 bits per heavy atom. The first-order valence-corrected chi connectivity index (χ1v) is 6.57. The van der Waals surface area contributed by atoms with Crippen LogP contribution < -0.4 is 5.32 Å². The minimum Gasteiger partial charge on any atom is -0.316 e. The third-order valence-electron chi connectivity index (χ3n) is 4.18. The average Bonchev–Trinajstić information content (AvgIpc) is 2.94. The molecule has 0 aliphatic heterocycles. The van der Waals surface area contributed by atoms with Crippen LogP contribution >= 0.6 is 0 Å². The maximum Gasteiger partial charge on any atom is 0.416 e. The fourth-order valence-corrected chi connectivity index (χ4v) is 2.72. The summed E-state index contributed by atoms with van der Waals surface area (Å²) in [5.41, 5.74) is 0.735. The highest BCUT2D eigenvalue weighted by Crippen LogP contribution is 2.53. The first kappa shape index (κ1) is 14.4. The summed E-state index contributed by atoms with van der Waals surface area (Å²) in [5.74, 6) is 0.611. The van der Waals surface area contributed by atoms with E-state index >= 15 is 0 Å². The Bertz CT molecular complexity index is 434. The molecule has 2 atom stereocenters. The lowest BCUT2D eigenvalue weighted by atomic mass is 9.97. The summed E-state index contributed by atoms with van der Waals surface area (Å²) in [6.07, 6.45) is -2.29. The summed E-state index contributed by atoms with van der Waals surface area (Å²) in [4.78, 5) is 0. The molecule has 1 aromatic carbocycles. The lowest BCUT2D eigenvalue weighted by Gasteiger charge is -2.18. The van der Waals surface area contributed by atoms with Crippen LogP contribution in [-0.4, -0.2) is 13.1 Å². The van der Waals surface area contributed by atoms with E-state index in [0.29, 0.717) is 17.4 Å². The van der Waals surface area contributed by atoms with Gasteiger partial charge in [-0.05, 0) is 48.9 Å². The van der Waals surface area contributed by atoms with Gasteiger partial charge in [-0.15, -0.1) is 0 Å². The molecule has 1 aliphatic rings. The van der Waals surface area contributed by atoms with Crippen molar-refractivity contribution >= 4 is 0 Å². The smallest absolute Gasteiger partial charge is 0.316 e. The predicted molar refractivity (Wildman–Crippen MR) is 69.9 cm³/mol. The Kier molecular flexibility index (Phi) is 3.65. The highest BCUT2D eigenvalue weighted by atomic mass is 19.4. The summed E-state index contributed by atoms with van der Waals surface area (Å²) in [7, 11) is 1.92. The van der Waals surface area contributed by atoms with E-state index in [4.69, 9.17) is 0 Å². The molecule has 4 heteroatoms. The number of alkyl halides is 3. The van der Waals surface area contributed by atoms with E-state index in [-0.39, 0.29) is 0 Å². The molecule has 106 valence electrons. The van der Waals surface area contributed by atoms with E-state index in [1.165, 1.54) is 18.6 Å². The second-order valence-electron chi connectivity index (χ2n) is 6.09. The van der Waals surface area contributed by atoms with Gasteiger partial charge in [0.05, 0.1) is 5.56 Å². The summed E-state index contributed by atoms with van der Waals surface area (Å²) in [6.45, 7) is 4.46. The first-order chi connectivity index (χ1) is 8.74. The van der Waals surface area contributed by atoms with Gasteiger partial charge in [0.25, 0.3) is 0 Å². The van der Waals surface area contributed by atoms with Crippen molar-refractivity contribution in [3.8, 4) is 0 Å². The van der Waals surface area contributed by atoms with Crippen molar-refractivity contribution in [2.24, 2.45) is 11.3 Å². The highest BCUT2D eigenvalue weighted by Gasteiger charge is 2.49. The van der Waals surface area contributed by atoms with Gasteiger partial charge in [0.1, 0.15) is 0 Å². The second kappa shape index (κ2) is 4.82. The van der Waals surface area contributed by atoms with Crippen LogP contribution in [0.15, 0.2) is 24.3 Å². The van der Waals surface area contributed by atoms with E-state index in [2.05, 4.69) is 19.2 Å². The Hall–Kier alpha value is -1.03. The van der Waals surface area contributed by atoms with Crippen molar-refractivity contribution in [2.75, 3.05) is 7.05 Å². The van der Waals surface area contributed by atoms with Crippen molar-refractivity contribution in [1.82, 2.24) is 5.32 Å². The molecule has 1 fully saturated rings. The molecule has 0 aromatic heterocycles. The van der Waals surface area contributed by atoms with Crippen LogP contribution in [-0.2, 0) is 12.6 Å². The number of likely N-dealkylation sites (N-methyl/N-ethyl adjacent to an activating group) is 1. The number of benzene rings is 1. The van der Waals surface area contributed by atoms with E-state index in [0.717, 1.165) is 12.0 Å². The summed E-state index contributed by atoms with van der Waals surface area (Å²) < 4.78 is 37.4. The molecule has 1 N–H and O–H groups in total. The molecular weight excluding hydrogens is 251 g/mol. The molecule has 0 heterocycles. The lowest BCUT2D eigenvalue weighted by Crippen LogP contribution is -2.31. The highest BCUT2D eigenvalue weighted by molar-refractivity contribution is 5.25. The van der Waals surface area contributed by atoms with Gasteiger partial charge in [-0.25, -0.2) is 0 Å². The molecule has 1 nitrogen and oxygen atoms in total. The van der Waals surface area contributed by atoms with Gasteiger partial charge in [-0.3, -0.25) is 0 Å². The molecule has 0 radical (unpaired) electrons. The van der Waals surface area contributed by atoms with Gasteiger partial charge in [-0.1, -0.05) is 26.0 Å². The zero-order valence-electron chi connectivity index (χ0n) is 11.5. The normalized spacial score (nSPS) is 23.2. The maximum atomic E-state index is 12.5. The van der Waals surface area contributed by atoms with Gasteiger partial charge in [-0.2, -0.15) is 13.2 Å². The molecule has 1 saturated carbocycles. The van der Waals surface area contributed by atoms with Crippen LogP contribution in [0.1, 0.15) is 31.4 Å². The van der Waals surface area contributed by atoms with Crippen LogP contribution in [0.25, 0.3) is 0 Å². The summed E-state index contributed by atoms with van der Waals surface area (Å²) in [6, 6.07) is 5.84.